The Morgan fingerprint density at radius 2 is 1.90 bits per heavy atom. The summed E-state index contributed by atoms with van der Waals surface area (Å²) in [4.78, 5) is 14.2. The number of nitrogens with one attached hydrogen (secondary N) is 1. The van der Waals surface area contributed by atoms with Crippen molar-refractivity contribution in [2.24, 2.45) is 0 Å². The minimum atomic E-state index is -0.182. The van der Waals surface area contributed by atoms with Gasteiger partial charge in [-0.2, -0.15) is 0 Å². The molecule has 0 aliphatic carbocycles. The van der Waals surface area contributed by atoms with Crippen molar-refractivity contribution in [2.45, 2.75) is 6.92 Å². The van der Waals surface area contributed by atoms with Crippen LogP contribution >= 0.6 is 0 Å². The van der Waals surface area contributed by atoms with Crippen molar-refractivity contribution in [3.63, 3.8) is 0 Å². The van der Waals surface area contributed by atoms with E-state index in [1.807, 2.05) is 43.3 Å². The Morgan fingerprint density at radius 3 is 2.55 bits per heavy atom. The number of aryl methyl sites for hydroxylation is 1. The number of aromatic hydroxyl groups is 1. The number of rotatable bonds is 3. The maximum atomic E-state index is 12.2. The first kappa shape index (κ1) is 13.9. The van der Waals surface area contributed by atoms with Crippen LogP contribution in [0.15, 0.2) is 42.5 Å². The van der Waals surface area contributed by atoms with E-state index < -0.39 is 0 Å². The lowest BCUT2D eigenvalue weighted by molar-refractivity contribution is 0.102. The largest absolute Gasteiger partial charge is 0.508 e. The number of anilines is 2. The van der Waals surface area contributed by atoms with Crippen LogP contribution in [0.25, 0.3) is 0 Å². The number of carbonyl (C=O) groups is 1. The molecule has 2 aromatic rings. The lowest BCUT2D eigenvalue weighted by atomic mass is 10.1. The smallest absolute Gasteiger partial charge is 0.255 e. The van der Waals surface area contributed by atoms with Crippen LogP contribution in [0.1, 0.15) is 15.9 Å². The molecule has 0 heterocycles. The molecule has 4 heteroatoms. The van der Waals surface area contributed by atoms with Gasteiger partial charge in [0, 0.05) is 31.0 Å². The van der Waals surface area contributed by atoms with E-state index in [0.717, 1.165) is 16.9 Å². The van der Waals surface area contributed by atoms with Crippen molar-refractivity contribution >= 4 is 17.3 Å². The summed E-state index contributed by atoms with van der Waals surface area (Å²) >= 11 is 0. The zero-order valence-electron chi connectivity index (χ0n) is 11.8. The quantitative estimate of drug-likeness (QED) is 0.901. The van der Waals surface area contributed by atoms with Gasteiger partial charge in [-0.05, 0) is 48.9 Å². The van der Waals surface area contributed by atoms with Gasteiger partial charge in [0.2, 0.25) is 0 Å². The molecule has 0 bridgehead atoms. The number of phenols is 1. The minimum Gasteiger partial charge on any atom is -0.508 e. The number of amides is 1. The Balaban J connectivity index is 2.21. The fraction of sp³-hybridized carbons (Fsp3) is 0.188. The summed E-state index contributed by atoms with van der Waals surface area (Å²) in [7, 11) is 3.90. The highest BCUT2D eigenvalue weighted by Crippen LogP contribution is 2.20. The zero-order valence-corrected chi connectivity index (χ0v) is 11.8. The highest BCUT2D eigenvalue weighted by atomic mass is 16.3. The van der Waals surface area contributed by atoms with Crippen LogP contribution in [0.4, 0.5) is 11.4 Å². The molecule has 0 aromatic heterocycles. The second kappa shape index (κ2) is 5.65. The predicted octanol–water partition coefficient (Wildman–Crippen LogP) is 3.02. The maximum absolute atomic E-state index is 12.2. The molecule has 104 valence electrons. The molecule has 0 saturated heterocycles. The van der Waals surface area contributed by atoms with Gasteiger partial charge < -0.3 is 15.3 Å². The maximum Gasteiger partial charge on any atom is 0.255 e. The molecule has 0 saturated carbocycles. The number of carbonyl (C=O) groups excluding carboxylic acids is 1. The Bertz CT molecular complexity index is 636. The fourth-order valence-electron chi connectivity index (χ4n) is 1.96. The minimum absolute atomic E-state index is 0.161. The van der Waals surface area contributed by atoms with Gasteiger partial charge in [0.1, 0.15) is 5.75 Å². The summed E-state index contributed by atoms with van der Waals surface area (Å²) in [5, 5.41) is 12.2. The van der Waals surface area contributed by atoms with Gasteiger partial charge in [0.15, 0.2) is 0 Å². The molecule has 2 rings (SSSR count). The highest BCUT2D eigenvalue weighted by Gasteiger charge is 2.10. The van der Waals surface area contributed by atoms with Crippen LogP contribution in [-0.2, 0) is 0 Å². The van der Waals surface area contributed by atoms with Crippen molar-refractivity contribution in [3.05, 3.63) is 53.6 Å². The first-order valence-electron chi connectivity index (χ1n) is 6.36. The summed E-state index contributed by atoms with van der Waals surface area (Å²) in [6.45, 7) is 1.80. The SMILES string of the molecule is Cc1cc(O)ccc1C(=O)Nc1cccc(N(C)C)c1. The number of hydrogen-bond donors (Lipinski definition) is 2. The van der Waals surface area contributed by atoms with E-state index >= 15 is 0 Å². The van der Waals surface area contributed by atoms with E-state index in [4.69, 9.17) is 0 Å². The first-order chi connectivity index (χ1) is 9.47. The van der Waals surface area contributed by atoms with Crippen LogP contribution in [0.2, 0.25) is 0 Å². The summed E-state index contributed by atoms with van der Waals surface area (Å²) in [6.07, 6.45) is 0. The van der Waals surface area contributed by atoms with Crippen LogP contribution < -0.4 is 10.2 Å². The van der Waals surface area contributed by atoms with E-state index in [1.165, 1.54) is 6.07 Å². The highest BCUT2D eigenvalue weighted by molar-refractivity contribution is 6.05. The normalized spacial score (nSPS) is 10.2. The van der Waals surface area contributed by atoms with Crippen LogP contribution in [0.3, 0.4) is 0 Å². The van der Waals surface area contributed by atoms with E-state index in [-0.39, 0.29) is 11.7 Å². The fourth-order valence-corrected chi connectivity index (χ4v) is 1.96. The third kappa shape index (κ3) is 3.09. The van der Waals surface area contributed by atoms with Crippen molar-refractivity contribution in [2.75, 3.05) is 24.3 Å². The first-order valence-corrected chi connectivity index (χ1v) is 6.36. The third-order valence-electron chi connectivity index (χ3n) is 3.08. The number of hydrogen-bond acceptors (Lipinski definition) is 3. The van der Waals surface area contributed by atoms with Gasteiger partial charge in [-0.3, -0.25) is 4.79 Å². The third-order valence-corrected chi connectivity index (χ3v) is 3.08. The van der Waals surface area contributed by atoms with Crippen molar-refractivity contribution in [1.82, 2.24) is 0 Å². The van der Waals surface area contributed by atoms with Crippen molar-refractivity contribution in [3.8, 4) is 5.75 Å². The Morgan fingerprint density at radius 1 is 1.15 bits per heavy atom. The van der Waals surface area contributed by atoms with Gasteiger partial charge in [-0.25, -0.2) is 0 Å². The average Bonchev–Trinajstić information content (AvgIpc) is 2.38. The predicted molar refractivity (Wildman–Crippen MR) is 81.6 cm³/mol. The molecule has 0 radical (unpaired) electrons. The van der Waals surface area contributed by atoms with E-state index in [1.54, 1.807) is 19.1 Å². The van der Waals surface area contributed by atoms with E-state index in [9.17, 15) is 9.90 Å². The van der Waals surface area contributed by atoms with Gasteiger partial charge in [0.25, 0.3) is 5.91 Å². The molecule has 20 heavy (non-hydrogen) atoms. The van der Waals surface area contributed by atoms with Crippen LogP contribution in [0.5, 0.6) is 5.75 Å². The summed E-state index contributed by atoms with van der Waals surface area (Å²) in [5.41, 5.74) is 3.06. The molecule has 2 N–H and O–H groups in total. The zero-order chi connectivity index (χ0) is 14.7. The van der Waals surface area contributed by atoms with Gasteiger partial charge in [0.05, 0.1) is 0 Å². The van der Waals surface area contributed by atoms with Gasteiger partial charge in [-0.15, -0.1) is 0 Å². The molecule has 0 unspecified atom stereocenters. The van der Waals surface area contributed by atoms with Gasteiger partial charge in [-0.1, -0.05) is 6.07 Å². The van der Waals surface area contributed by atoms with Gasteiger partial charge >= 0.3 is 0 Å². The molecule has 0 spiro atoms. The van der Waals surface area contributed by atoms with E-state index in [0.29, 0.717) is 5.56 Å². The average molecular weight is 270 g/mol. The molecule has 4 nitrogen and oxygen atoms in total. The van der Waals surface area contributed by atoms with Crippen LogP contribution in [0, 0.1) is 6.92 Å². The number of benzene rings is 2. The topological polar surface area (TPSA) is 52.6 Å². The monoisotopic (exact) mass is 270 g/mol. The summed E-state index contributed by atoms with van der Waals surface area (Å²) in [6, 6.07) is 12.3. The van der Waals surface area contributed by atoms with Crippen molar-refractivity contribution in [1.29, 1.82) is 0 Å². The second-order valence-corrected chi connectivity index (χ2v) is 4.90. The number of phenolic OH excluding ortho intramolecular Hbond substituents is 1. The Labute approximate surface area is 118 Å². The molecule has 0 aliphatic rings. The number of nitrogens with zero attached hydrogens (tertiary/aromatic N) is 1. The molecular weight excluding hydrogens is 252 g/mol. The summed E-state index contributed by atoms with van der Waals surface area (Å²) in [5.74, 6) is -0.0212. The second-order valence-electron chi connectivity index (χ2n) is 4.90. The lowest BCUT2D eigenvalue weighted by Gasteiger charge is -2.14. The Kier molecular flexibility index (Phi) is 3.94. The molecular formula is C16H18N2O2. The van der Waals surface area contributed by atoms with Crippen LogP contribution in [-0.4, -0.2) is 25.1 Å². The molecule has 0 atom stereocenters. The van der Waals surface area contributed by atoms with Crippen molar-refractivity contribution < 1.29 is 9.90 Å². The molecule has 2 aromatic carbocycles. The van der Waals surface area contributed by atoms with E-state index in [2.05, 4.69) is 5.32 Å². The molecule has 1 amide bonds. The Hall–Kier alpha value is -2.49. The molecule has 0 fully saturated rings. The molecule has 0 aliphatic heterocycles. The lowest BCUT2D eigenvalue weighted by Crippen LogP contribution is -2.14. The summed E-state index contributed by atoms with van der Waals surface area (Å²) < 4.78 is 0. The standard InChI is InChI=1S/C16H18N2O2/c1-11-9-14(19)7-8-15(11)16(20)17-12-5-4-6-13(10-12)18(2)3/h4-10,19H,1-3H3,(H,17,20).